The molecule has 4 aromatic rings. The molecule has 0 radical (unpaired) electrons. The SMILES string of the molecule is Cc1nc2ccccn2c1CCC(=O)Nc1cc(Cl)ccc1Oc1ccccc1. The van der Waals surface area contributed by atoms with Gasteiger partial charge in [0, 0.05) is 23.3 Å². The summed E-state index contributed by atoms with van der Waals surface area (Å²) < 4.78 is 7.92. The highest BCUT2D eigenvalue weighted by atomic mass is 35.5. The van der Waals surface area contributed by atoms with Crippen molar-refractivity contribution in [1.82, 2.24) is 9.38 Å². The number of anilines is 1. The number of imidazole rings is 1. The summed E-state index contributed by atoms with van der Waals surface area (Å²) in [4.78, 5) is 17.2. The van der Waals surface area contributed by atoms with Gasteiger partial charge in [-0.1, -0.05) is 35.9 Å². The maximum Gasteiger partial charge on any atom is 0.224 e. The van der Waals surface area contributed by atoms with E-state index in [9.17, 15) is 4.79 Å². The molecular formula is C23H20ClN3O2. The molecule has 1 amide bonds. The second-order valence-corrected chi connectivity index (χ2v) is 7.11. The average molecular weight is 406 g/mol. The third-order valence-electron chi connectivity index (χ3n) is 4.60. The Kier molecular flexibility index (Phi) is 5.49. The zero-order valence-corrected chi connectivity index (χ0v) is 16.7. The number of fused-ring (bicyclic) bond motifs is 1. The molecule has 0 bridgehead atoms. The second-order valence-electron chi connectivity index (χ2n) is 6.68. The van der Waals surface area contributed by atoms with Gasteiger partial charge in [0.1, 0.15) is 11.4 Å². The largest absolute Gasteiger partial charge is 0.455 e. The van der Waals surface area contributed by atoms with E-state index < -0.39 is 0 Å². The highest BCUT2D eigenvalue weighted by Gasteiger charge is 2.13. The Hall–Kier alpha value is -3.31. The minimum absolute atomic E-state index is 0.115. The van der Waals surface area contributed by atoms with Crippen molar-refractivity contribution < 1.29 is 9.53 Å². The predicted molar refractivity (Wildman–Crippen MR) is 115 cm³/mol. The lowest BCUT2D eigenvalue weighted by Gasteiger charge is -2.13. The standard InChI is InChI=1S/C23H20ClN3O2/c1-16-20(27-14-6-5-9-22(27)25-16)11-13-23(28)26-19-15-17(24)10-12-21(19)29-18-7-3-2-4-8-18/h2-10,12,14-15H,11,13H2,1H3,(H,26,28). The van der Waals surface area contributed by atoms with E-state index in [1.807, 2.05) is 66.1 Å². The van der Waals surface area contributed by atoms with Crippen molar-refractivity contribution in [3.8, 4) is 11.5 Å². The summed E-state index contributed by atoms with van der Waals surface area (Å²) >= 11 is 6.13. The number of carbonyl (C=O) groups is 1. The van der Waals surface area contributed by atoms with Gasteiger partial charge in [-0.2, -0.15) is 0 Å². The smallest absolute Gasteiger partial charge is 0.224 e. The maximum absolute atomic E-state index is 12.6. The highest BCUT2D eigenvalue weighted by Crippen LogP contribution is 2.32. The van der Waals surface area contributed by atoms with Gasteiger partial charge in [-0.25, -0.2) is 4.98 Å². The minimum Gasteiger partial charge on any atom is -0.455 e. The summed E-state index contributed by atoms with van der Waals surface area (Å²) in [6.45, 7) is 1.96. The number of hydrogen-bond acceptors (Lipinski definition) is 3. The molecule has 2 heterocycles. The van der Waals surface area contributed by atoms with Crippen LogP contribution in [0.1, 0.15) is 17.8 Å². The number of pyridine rings is 1. The molecule has 6 heteroatoms. The number of nitrogens with one attached hydrogen (secondary N) is 1. The van der Waals surface area contributed by atoms with E-state index in [-0.39, 0.29) is 5.91 Å². The van der Waals surface area contributed by atoms with Gasteiger partial charge in [-0.15, -0.1) is 0 Å². The van der Waals surface area contributed by atoms with Gasteiger partial charge in [-0.3, -0.25) is 4.79 Å². The van der Waals surface area contributed by atoms with Crippen LogP contribution in [0.2, 0.25) is 5.02 Å². The molecule has 1 N–H and O–H groups in total. The van der Waals surface area contributed by atoms with Crippen molar-refractivity contribution in [2.24, 2.45) is 0 Å². The fourth-order valence-corrected chi connectivity index (χ4v) is 3.39. The van der Waals surface area contributed by atoms with Gasteiger partial charge in [-0.05, 0) is 55.8 Å². The van der Waals surface area contributed by atoms with Crippen LogP contribution >= 0.6 is 11.6 Å². The molecule has 0 aliphatic heterocycles. The lowest BCUT2D eigenvalue weighted by atomic mass is 10.2. The molecule has 0 atom stereocenters. The zero-order valence-electron chi connectivity index (χ0n) is 15.9. The average Bonchev–Trinajstić information content (AvgIpc) is 3.04. The number of rotatable bonds is 6. The molecule has 2 aromatic carbocycles. The molecule has 0 fully saturated rings. The van der Waals surface area contributed by atoms with Crippen molar-refractivity contribution in [1.29, 1.82) is 0 Å². The molecule has 146 valence electrons. The van der Waals surface area contributed by atoms with Crippen LogP contribution in [-0.2, 0) is 11.2 Å². The van der Waals surface area contributed by atoms with Crippen molar-refractivity contribution in [3.63, 3.8) is 0 Å². The molecule has 0 aliphatic rings. The number of halogens is 1. The van der Waals surface area contributed by atoms with Crippen LogP contribution in [0.15, 0.2) is 72.9 Å². The molecule has 0 unspecified atom stereocenters. The number of hydrogen-bond donors (Lipinski definition) is 1. The van der Waals surface area contributed by atoms with Crippen LogP contribution in [0.25, 0.3) is 5.65 Å². The van der Waals surface area contributed by atoms with Crippen LogP contribution in [0.4, 0.5) is 5.69 Å². The summed E-state index contributed by atoms with van der Waals surface area (Å²) in [5.41, 5.74) is 3.39. The Balaban J connectivity index is 1.48. The van der Waals surface area contributed by atoms with E-state index in [4.69, 9.17) is 16.3 Å². The van der Waals surface area contributed by atoms with E-state index >= 15 is 0 Å². The van der Waals surface area contributed by atoms with Crippen molar-refractivity contribution in [2.75, 3.05) is 5.32 Å². The number of para-hydroxylation sites is 1. The third-order valence-corrected chi connectivity index (χ3v) is 4.84. The summed E-state index contributed by atoms with van der Waals surface area (Å²) in [5.74, 6) is 1.11. The van der Waals surface area contributed by atoms with Crippen molar-refractivity contribution in [3.05, 3.63) is 89.3 Å². The van der Waals surface area contributed by atoms with Crippen molar-refractivity contribution in [2.45, 2.75) is 19.8 Å². The number of nitrogens with zero attached hydrogens (tertiary/aromatic N) is 2. The molecule has 0 aliphatic carbocycles. The Morgan fingerprint density at radius 3 is 2.72 bits per heavy atom. The van der Waals surface area contributed by atoms with E-state index in [1.54, 1.807) is 18.2 Å². The molecule has 4 rings (SSSR count). The lowest BCUT2D eigenvalue weighted by molar-refractivity contribution is -0.116. The van der Waals surface area contributed by atoms with Gasteiger partial charge >= 0.3 is 0 Å². The Morgan fingerprint density at radius 2 is 1.90 bits per heavy atom. The van der Waals surface area contributed by atoms with E-state index in [0.29, 0.717) is 35.1 Å². The van der Waals surface area contributed by atoms with Gasteiger partial charge in [0.25, 0.3) is 0 Å². The monoisotopic (exact) mass is 405 g/mol. The van der Waals surface area contributed by atoms with Crippen LogP contribution in [0.3, 0.4) is 0 Å². The number of benzene rings is 2. The number of ether oxygens (including phenoxy) is 1. The van der Waals surface area contributed by atoms with E-state index in [2.05, 4.69) is 10.3 Å². The lowest BCUT2D eigenvalue weighted by Crippen LogP contribution is -2.13. The summed E-state index contributed by atoms with van der Waals surface area (Å²) in [7, 11) is 0. The quantitative estimate of drug-likeness (QED) is 0.450. The first-order valence-corrected chi connectivity index (χ1v) is 9.73. The maximum atomic E-state index is 12.6. The highest BCUT2D eigenvalue weighted by molar-refractivity contribution is 6.31. The number of amides is 1. The predicted octanol–water partition coefficient (Wildman–Crippen LogP) is 5.66. The Labute approximate surface area is 173 Å². The summed E-state index contributed by atoms with van der Waals surface area (Å²) in [6.07, 6.45) is 2.87. The van der Waals surface area contributed by atoms with Gasteiger partial charge in [0.05, 0.1) is 11.4 Å². The molecular weight excluding hydrogens is 386 g/mol. The first-order valence-electron chi connectivity index (χ1n) is 9.35. The number of carbonyl (C=O) groups excluding carboxylic acids is 1. The Morgan fingerprint density at radius 1 is 1.10 bits per heavy atom. The van der Waals surface area contributed by atoms with Gasteiger partial charge < -0.3 is 14.5 Å². The van der Waals surface area contributed by atoms with Crippen molar-refractivity contribution >= 4 is 28.8 Å². The van der Waals surface area contributed by atoms with Gasteiger partial charge in [0.15, 0.2) is 5.75 Å². The molecule has 0 saturated heterocycles. The Bertz CT molecular complexity index is 1160. The topological polar surface area (TPSA) is 55.6 Å². The first-order chi connectivity index (χ1) is 14.1. The summed E-state index contributed by atoms with van der Waals surface area (Å²) in [5, 5.41) is 3.45. The van der Waals surface area contributed by atoms with E-state index in [1.165, 1.54) is 0 Å². The molecule has 0 spiro atoms. The normalized spacial score (nSPS) is 10.8. The minimum atomic E-state index is -0.115. The van der Waals surface area contributed by atoms with Crippen LogP contribution in [0, 0.1) is 6.92 Å². The van der Waals surface area contributed by atoms with Gasteiger partial charge in [0.2, 0.25) is 5.91 Å². The molecule has 29 heavy (non-hydrogen) atoms. The van der Waals surface area contributed by atoms with Crippen LogP contribution in [0.5, 0.6) is 11.5 Å². The number of aromatic nitrogens is 2. The summed E-state index contributed by atoms with van der Waals surface area (Å²) in [6, 6.07) is 20.4. The molecule has 5 nitrogen and oxygen atoms in total. The second kappa shape index (κ2) is 8.37. The fourth-order valence-electron chi connectivity index (χ4n) is 3.21. The van der Waals surface area contributed by atoms with E-state index in [0.717, 1.165) is 17.0 Å². The van der Waals surface area contributed by atoms with Crippen LogP contribution in [-0.4, -0.2) is 15.3 Å². The zero-order chi connectivity index (χ0) is 20.2. The first kappa shape index (κ1) is 19.0. The molecule has 0 saturated carbocycles. The fraction of sp³-hybridized carbons (Fsp3) is 0.130. The van der Waals surface area contributed by atoms with Crippen LogP contribution < -0.4 is 10.1 Å². The third kappa shape index (κ3) is 4.41. The number of aryl methyl sites for hydroxylation is 2. The molecule has 2 aromatic heterocycles.